The van der Waals surface area contributed by atoms with Gasteiger partial charge in [0.1, 0.15) is 11.6 Å². The molecule has 8 heteroatoms. The van der Waals surface area contributed by atoms with Crippen molar-refractivity contribution in [1.29, 1.82) is 0 Å². The molecule has 170 valence electrons. The molecule has 0 aliphatic carbocycles. The molecule has 34 heavy (non-hydrogen) atoms. The van der Waals surface area contributed by atoms with Gasteiger partial charge in [-0.3, -0.25) is 14.5 Å². The van der Waals surface area contributed by atoms with Crippen molar-refractivity contribution in [2.75, 3.05) is 12.0 Å². The van der Waals surface area contributed by atoms with Crippen LogP contribution in [0.1, 0.15) is 22.2 Å². The molecule has 0 fully saturated rings. The van der Waals surface area contributed by atoms with E-state index in [1.165, 1.54) is 13.2 Å². The van der Waals surface area contributed by atoms with E-state index in [1.54, 1.807) is 48.5 Å². The first-order valence-electron chi connectivity index (χ1n) is 10.3. The quantitative estimate of drug-likeness (QED) is 0.397. The highest BCUT2D eigenvalue weighted by Gasteiger charge is 2.46. The molecule has 2 heterocycles. The number of halogens is 2. The highest BCUT2D eigenvalue weighted by molar-refractivity contribution is 6.20. The standard InChI is InChI=1S/C26H17F2NO5/c1-33-19-9-5-8-15-12-20(34-25(15)19)23(30)21-22(14-6-3-2-4-7-14)29(26(32)24(21)31)18-13-16(27)10-11-17(18)28/h2-13,22,31H,1H3. The van der Waals surface area contributed by atoms with Gasteiger partial charge in [-0.25, -0.2) is 8.78 Å². The Labute approximate surface area is 192 Å². The zero-order valence-electron chi connectivity index (χ0n) is 17.8. The number of aliphatic hydroxyl groups excluding tert-OH is 1. The third-order valence-corrected chi connectivity index (χ3v) is 5.69. The smallest absolute Gasteiger partial charge is 0.294 e. The van der Waals surface area contributed by atoms with Crippen LogP contribution in [0.4, 0.5) is 14.5 Å². The van der Waals surface area contributed by atoms with Crippen LogP contribution in [0.2, 0.25) is 0 Å². The molecule has 1 N–H and O–H groups in total. The lowest BCUT2D eigenvalue weighted by Gasteiger charge is -2.27. The van der Waals surface area contributed by atoms with Gasteiger partial charge in [-0.15, -0.1) is 0 Å². The SMILES string of the molecule is COc1cccc2cc(C(=O)C3=C(O)C(=O)N(c4cc(F)ccc4F)C3c3ccccc3)oc12. The highest BCUT2D eigenvalue weighted by Crippen LogP contribution is 2.43. The van der Waals surface area contributed by atoms with Crippen LogP contribution < -0.4 is 9.64 Å². The van der Waals surface area contributed by atoms with E-state index in [4.69, 9.17) is 9.15 Å². The lowest BCUT2D eigenvalue weighted by molar-refractivity contribution is -0.117. The number of nitrogens with zero attached hydrogens (tertiary/aromatic N) is 1. The van der Waals surface area contributed by atoms with Crippen LogP contribution in [0.3, 0.4) is 0 Å². The molecule has 0 bridgehead atoms. The zero-order chi connectivity index (χ0) is 24.0. The van der Waals surface area contributed by atoms with Gasteiger partial charge in [-0.05, 0) is 29.8 Å². The van der Waals surface area contributed by atoms with Crippen LogP contribution in [0.15, 0.2) is 88.5 Å². The average Bonchev–Trinajstić information content (AvgIpc) is 3.40. The Morgan fingerprint density at radius 2 is 1.79 bits per heavy atom. The number of benzene rings is 3. The fourth-order valence-corrected chi connectivity index (χ4v) is 4.15. The van der Waals surface area contributed by atoms with E-state index >= 15 is 0 Å². The van der Waals surface area contributed by atoms with E-state index < -0.39 is 40.8 Å². The Balaban J connectivity index is 1.68. The summed E-state index contributed by atoms with van der Waals surface area (Å²) in [7, 11) is 1.46. The number of Topliss-reactive ketones (excluding diaryl/α,β-unsaturated/α-hetero) is 1. The number of amides is 1. The van der Waals surface area contributed by atoms with Gasteiger partial charge in [-0.1, -0.05) is 42.5 Å². The number of aliphatic hydroxyl groups is 1. The Morgan fingerprint density at radius 3 is 2.53 bits per heavy atom. The maximum absolute atomic E-state index is 14.7. The van der Waals surface area contributed by atoms with E-state index in [0.29, 0.717) is 22.3 Å². The largest absolute Gasteiger partial charge is 0.503 e. The zero-order valence-corrected chi connectivity index (χ0v) is 17.8. The molecule has 1 atom stereocenters. The molecular weight excluding hydrogens is 444 g/mol. The third kappa shape index (κ3) is 3.31. The molecule has 1 aliphatic rings. The number of rotatable bonds is 5. The number of furan rings is 1. The molecular formula is C26H17F2NO5. The van der Waals surface area contributed by atoms with E-state index in [-0.39, 0.29) is 11.3 Å². The molecule has 1 unspecified atom stereocenters. The lowest BCUT2D eigenvalue weighted by Crippen LogP contribution is -2.31. The summed E-state index contributed by atoms with van der Waals surface area (Å²) in [6, 6.07) is 16.3. The number of para-hydroxylation sites is 1. The molecule has 4 aromatic rings. The number of carbonyl (C=O) groups excluding carboxylic acids is 2. The van der Waals surface area contributed by atoms with Crippen molar-refractivity contribution in [2.45, 2.75) is 6.04 Å². The van der Waals surface area contributed by atoms with Crippen molar-refractivity contribution < 1.29 is 32.6 Å². The fourth-order valence-electron chi connectivity index (χ4n) is 4.15. The van der Waals surface area contributed by atoms with Gasteiger partial charge < -0.3 is 14.3 Å². The van der Waals surface area contributed by atoms with Crippen LogP contribution in [0, 0.1) is 11.6 Å². The number of ketones is 1. The average molecular weight is 461 g/mol. The maximum atomic E-state index is 14.7. The van der Waals surface area contributed by atoms with Crippen molar-refractivity contribution in [2.24, 2.45) is 0 Å². The van der Waals surface area contributed by atoms with Gasteiger partial charge in [-0.2, -0.15) is 0 Å². The number of ether oxygens (including phenoxy) is 1. The monoisotopic (exact) mass is 461 g/mol. The minimum absolute atomic E-state index is 0.142. The molecule has 5 rings (SSSR count). The van der Waals surface area contributed by atoms with Gasteiger partial charge in [0.15, 0.2) is 22.9 Å². The molecule has 0 radical (unpaired) electrons. The summed E-state index contributed by atoms with van der Waals surface area (Å²) in [4.78, 5) is 27.6. The third-order valence-electron chi connectivity index (χ3n) is 5.69. The molecule has 1 aliphatic heterocycles. The van der Waals surface area contributed by atoms with E-state index in [2.05, 4.69) is 0 Å². The van der Waals surface area contributed by atoms with Crippen molar-refractivity contribution in [3.05, 3.63) is 107 Å². The summed E-state index contributed by atoms with van der Waals surface area (Å²) in [5.41, 5.74) is 0.0278. The van der Waals surface area contributed by atoms with Crippen molar-refractivity contribution >= 4 is 28.3 Å². The Hall–Kier alpha value is -4.46. The molecule has 0 saturated carbocycles. The first-order chi connectivity index (χ1) is 16.4. The van der Waals surface area contributed by atoms with E-state index in [0.717, 1.165) is 23.1 Å². The summed E-state index contributed by atoms with van der Waals surface area (Å²) in [5, 5.41) is 11.4. The normalized spacial score (nSPS) is 15.9. The van der Waals surface area contributed by atoms with E-state index in [9.17, 15) is 23.5 Å². The summed E-state index contributed by atoms with van der Waals surface area (Å²) < 4.78 is 39.7. The Kier molecular flexibility index (Phi) is 5.13. The van der Waals surface area contributed by atoms with Crippen molar-refractivity contribution in [1.82, 2.24) is 0 Å². The van der Waals surface area contributed by atoms with Crippen molar-refractivity contribution in [3.8, 4) is 5.75 Å². The summed E-state index contributed by atoms with van der Waals surface area (Å²) in [6.45, 7) is 0. The second-order valence-corrected chi connectivity index (χ2v) is 7.66. The number of carbonyl (C=O) groups is 2. The lowest BCUT2D eigenvalue weighted by atomic mass is 9.94. The predicted molar refractivity (Wildman–Crippen MR) is 120 cm³/mol. The fraction of sp³-hybridized carbons (Fsp3) is 0.0769. The number of methoxy groups -OCH3 is 1. The molecule has 3 aromatic carbocycles. The Bertz CT molecular complexity index is 1480. The van der Waals surface area contributed by atoms with Crippen molar-refractivity contribution in [3.63, 3.8) is 0 Å². The minimum Gasteiger partial charge on any atom is -0.503 e. The summed E-state index contributed by atoms with van der Waals surface area (Å²) >= 11 is 0. The van der Waals surface area contributed by atoms with Crippen LogP contribution in [-0.4, -0.2) is 23.9 Å². The van der Waals surface area contributed by atoms with Gasteiger partial charge in [0, 0.05) is 11.5 Å². The van der Waals surface area contributed by atoms with Gasteiger partial charge in [0.05, 0.1) is 24.4 Å². The van der Waals surface area contributed by atoms with Crippen LogP contribution >= 0.6 is 0 Å². The van der Waals surface area contributed by atoms with Crippen LogP contribution in [-0.2, 0) is 4.79 Å². The predicted octanol–water partition coefficient (Wildman–Crippen LogP) is 5.50. The van der Waals surface area contributed by atoms with E-state index in [1.807, 2.05) is 0 Å². The molecule has 1 aromatic heterocycles. The van der Waals surface area contributed by atoms with Crippen LogP contribution in [0.5, 0.6) is 5.75 Å². The first kappa shape index (κ1) is 21.4. The van der Waals surface area contributed by atoms with Crippen LogP contribution in [0.25, 0.3) is 11.0 Å². The minimum atomic E-state index is -1.22. The number of anilines is 1. The Morgan fingerprint density at radius 1 is 1.03 bits per heavy atom. The molecule has 0 spiro atoms. The molecule has 0 saturated heterocycles. The topological polar surface area (TPSA) is 80.0 Å². The highest BCUT2D eigenvalue weighted by atomic mass is 19.1. The maximum Gasteiger partial charge on any atom is 0.294 e. The summed E-state index contributed by atoms with van der Waals surface area (Å²) in [5.74, 6) is -4.07. The molecule has 1 amide bonds. The molecule has 6 nitrogen and oxygen atoms in total. The first-order valence-corrected chi connectivity index (χ1v) is 10.3. The summed E-state index contributed by atoms with van der Waals surface area (Å²) in [6.07, 6.45) is 0. The van der Waals surface area contributed by atoms with Gasteiger partial charge >= 0.3 is 0 Å². The number of fused-ring (bicyclic) bond motifs is 1. The number of hydrogen-bond donors (Lipinski definition) is 1. The van der Waals surface area contributed by atoms with Gasteiger partial charge in [0.25, 0.3) is 5.91 Å². The number of hydrogen-bond acceptors (Lipinski definition) is 5. The second kappa shape index (κ2) is 8.15. The second-order valence-electron chi connectivity index (χ2n) is 7.66. The van der Waals surface area contributed by atoms with Gasteiger partial charge in [0.2, 0.25) is 5.78 Å².